The van der Waals surface area contributed by atoms with Crippen LogP contribution in [0.1, 0.15) is 157 Å². The summed E-state index contributed by atoms with van der Waals surface area (Å²) < 4.78 is 0. The van der Waals surface area contributed by atoms with E-state index < -0.39 is 0 Å². The van der Waals surface area contributed by atoms with Crippen LogP contribution in [0.25, 0.3) is 11.1 Å². The van der Waals surface area contributed by atoms with Crippen LogP contribution in [0.2, 0.25) is 0 Å². The van der Waals surface area contributed by atoms with Crippen LogP contribution in [0.5, 0.6) is 0 Å². The second-order valence-electron chi connectivity index (χ2n) is 25.8. The number of anilines is 9. The first kappa shape index (κ1) is 47.2. The van der Waals surface area contributed by atoms with Crippen LogP contribution in [0.3, 0.4) is 0 Å². The molecule has 0 N–H and O–H groups in total. The first-order valence-electron chi connectivity index (χ1n) is 27.0. The van der Waals surface area contributed by atoms with Gasteiger partial charge < -0.3 is 14.7 Å². The third-order valence-corrected chi connectivity index (χ3v) is 17.6. The van der Waals surface area contributed by atoms with Gasteiger partial charge in [0.25, 0.3) is 0 Å². The van der Waals surface area contributed by atoms with Gasteiger partial charge in [0.05, 0.1) is 28.4 Å². The van der Waals surface area contributed by atoms with Gasteiger partial charge in [0.15, 0.2) is 0 Å². The van der Waals surface area contributed by atoms with E-state index in [0.29, 0.717) is 0 Å². The number of nitrogens with zero attached hydrogens (tertiary/aromatic N) is 3. The van der Waals surface area contributed by atoms with E-state index in [0.717, 1.165) is 29.9 Å². The Balaban J connectivity index is 1.24. The van der Waals surface area contributed by atoms with E-state index in [1.807, 2.05) is 0 Å². The summed E-state index contributed by atoms with van der Waals surface area (Å²) in [7, 11) is 0. The predicted molar refractivity (Wildman–Crippen MR) is 311 cm³/mol. The van der Waals surface area contributed by atoms with Gasteiger partial charge >= 0.3 is 0 Å². The summed E-state index contributed by atoms with van der Waals surface area (Å²) in [4.78, 5) is 7.86. The third-order valence-electron chi connectivity index (χ3n) is 17.6. The fourth-order valence-corrected chi connectivity index (χ4v) is 13.8. The monoisotopic (exact) mass is 956 g/mol. The van der Waals surface area contributed by atoms with E-state index in [2.05, 4.69) is 269 Å². The van der Waals surface area contributed by atoms with Crippen LogP contribution < -0.4 is 14.7 Å². The van der Waals surface area contributed by atoms with Crippen molar-refractivity contribution in [3.05, 3.63) is 219 Å². The Kier molecular flexibility index (Phi) is 10.6. The van der Waals surface area contributed by atoms with E-state index in [1.54, 1.807) is 0 Å². The fraction of sp³-hybridized carbons (Fsp3) is 0.314. The van der Waals surface area contributed by atoms with Crippen LogP contribution in [0, 0.1) is 13.8 Å². The highest BCUT2D eigenvalue weighted by Gasteiger charge is 2.48. The van der Waals surface area contributed by atoms with Crippen molar-refractivity contribution in [1.82, 2.24) is 0 Å². The second-order valence-corrected chi connectivity index (χ2v) is 25.8. The quantitative estimate of drug-likeness (QED) is 0.164. The molecule has 1 unspecified atom stereocenters. The lowest BCUT2D eigenvalue weighted by Crippen LogP contribution is -2.35. The Bertz CT molecular complexity index is 3460. The number of fused-ring (bicyclic) bond motifs is 6. The zero-order valence-electron chi connectivity index (χ0n) is 45.6. The van der Waals surface area contributed by atoms with Crippen LogP contribution in [-0.4, -0.2) is 0 Å². The fourth-order valence-electron chi connectivity index (χ4n) is 13.8. The van der Waals surface area contributed by atoms with Crippen molar-refractivity contribution in [3.63, 3.8) is 0 Å². The first-order valence-corrected chi connectivity index (χ1v) is 27.0. The molecule has 368 valence electrons. The molecule has 2 aliphatic heterocycles. The standard InChI is InChI=1S/C70H73N3/c1-44-35-47(46-23-17-14-18-24-46)29-32-58(44)72-60-37-48(66(3,4)5)30-31-52(60)64-53-40-55-57(70(12,13)43-69(55,10)11)42-61(53)73(59-41-56-54(36-45(59)2)67(6,7)33-34-68(56,8)9)63-39-51(38-62(72)65(63)64)71(49-25-19-15-20-26-49)50-27-21-16-22-28-50/h14-32,35-42,64H,33-34,43H2,1-13H3. The molecule has 2 heterocycles. The summed E-state index contributed by atoms with van der Waals surface area (Å²) in [6.45, 7) is 31.5. The van der Waals surface area contributed by atoms with Crippen molar-refractivity contribution in [1.29, 1.82) is 0 Å². The molecular weight excluding hydrogens is 883 g/mol. The zero-order valence-corrected chi connectivity index (χ0v) is 45.6. The highest BCUT2D eigenvalue weighted by atomic mass is 15.2. The molecule has 3 heteroatoms. The molecule has 0 aromatic heterocycles. The molecule has 4 aliphatic rings. The molecule has 8 aromatic carbocycles. The Labute approximate surface area is 436 Å². The molecule has 8 aromatic rings. The summed E-state index contributed by atoms with van der Waals surface area (Å²) in [5, 5.41) is 0. The lowest BCUT2D eigenvalue weighted by atomic mass is 9.62. The van der Waals surface area contributed by atoms with Crippen molar-refractivity contribution < 1.29 is 0 Å². The summed E-state index contributed by atoms with van der Waals surface area (Å²) >= 11 is 0. The number of hydrogen-bond acceptors (Lipinski definition) is 3. The Morgan fingerprint density at radius 3 is 1.48 bits per heavy atom. The van der Waals surface area contributed by atoms with Crippen molar-refractivity contribution in [2.45, 2.75) is 142 Å². The Morgan fingerprint density at radius 2 is 0.904 bits per heavy atom. The maximum Gasteiger partial charge on any atom is 0.0545 e. The van der Waals surface area contributed by atoms with Crippen LogP contribution >= 0.6 is 0 Å². The minimum Gasteiger partial charge on any atom is -0.310 e. The summed E-state index contributed by atoms with van der Waals surface area (Å²) in [5.74, 6) is -0.0190. The normalized spacial score (nSPS) is 18.3. The molecular formula is C70H73N3. The van der Waals surface area contributed by atoms with Gasteiger partial charge in [-0.3, -0.25) is 0 Å². The zero-order chi connectivity index (χ0) is 51.1. The van der Waals surface area contributed by atoms with Gasteiger partial charge in [-0.05, 0) is 188 Å². The largest absolute Gasteiger partial charge is 0.310 e. The molecule has 1 atom stereocenters. The second kappa shape index (κ2) is 16.3. The molecule has 12 rings (SSSR count). The molecule has 3 nitrogen and oxygen atoms in total. The SMILES string of the molecule is Cc1cc(-c2ccccc2)ccc1N1c2cc(C(C)(C)C)ccc2C2c3cc4c(cc3N(c3cc5c(cc3C)C(C)(C)CCC5(C)C)c3cc(N(c5ccccc5)c5ccccc5)cc1c32)C(C)(C)CC4(C)C. The van der Waals surface area contributed by atoms with Crippen molar-refractivity contribution in [2.75, 3.05) is 14.7 Å². The van der Waals surface area contributed by atoms with Gasteiger partial charge in [0, 0.05) is 34.2 Å². The smallest absolute Gasteiger partial charge is 0.0545 e. The Morgan fingerprint density at radius 1 is 0.411 bits per heavy atom. The van der Waals surface area contributed by atoms with Crippen LogP contribution in [0.4, 0.5) is 51.2 Å². The van der Waals surface area contributed by atoms with Crippen molar-refractivity contribution in [2.24, 2.45) is 0 Å². The molecule has 0 amide bonds. The minimum atomic E-state index is -0.0678. The number of para-hydroxylation sites is 2. The molecule has 2 aliphatic carbocycles. The average Bonchev–Trinajstić information content (AvgIpc) is 3.55. The summed E-state index contributed by atoms with van der Waals surface area (Å²) in [6, 6.07) is 63.0. The van der Waals surface area contributed by atoms with Crippen LogP contribution in [-0.2, 0) is 27.1 Å². The highest BCUT2D eigenvalue weighted by molar-refractivity contribution is 6.00. The van der Waals surface area contributed by atoms with Gasteiger partial charge in [0.2, 0.25) is 0 Å². The van der Waals surface area contributed by atoms with Gasteiger partial charge in [-0.1, -0.05) is 173 Å². The van der Waals surface area contributed by atoms with E-state index >= 15 is 0 Å². The highest BCUT2D eigenvalue weighted by Crippen LogP contribution is 2.65. The topological polar surface area (TPSA) is 9.72 Å². The van der Waals surface area contributed by atoms with E-state index in [9.17, 15) is 0 Å². The molecule has 0 fully saturated rings. The van der Waals surface area contributed by atoms with Crippen molar-refractivity contribution in [3.8, 4) is 11.1 Å². The minimum absolute atomic E-state index is 0.00741. The number of aryl methyl sites for hydroxylation is 2. The number of rotatable bonds is 6. The third kappa shape index (κ3) is 7.50. The van der Waals surface area contributed by atoms with Gasteiger partial charge in [-0.25, -0.2) is 0 Å². The first-order chi connectivity index (χ1) is 34.6. The molecule has 0 radical (unpaired) electrons. The van der Waals surface area contributed by atoms with E-state index in [-0.39, 0.29) is 33.0 Å². The van der Waals surface area contributed by atoms with Gasteiger partial charge in [-0.2, -0.15) is 0 Å². The maximum absolute atomic E-state index is 2.73. The average molecular weight is 956 g/mol. The number of benzene rings is 8. The molecule has 0 saturated carbocycles. The van der Waals surface area contributed by atoms with E-state index in [1.165, 1.54) is 107 Å². The van der Waals surface area contributed by atoms with Crippen molar-refractivity contribution >= 4 is 51.2 Å². The molecule has 73 heavy (non-hydrogen) atoms. The number of hydrogen-bond donors (Lipinski definition) is 0. The van der Waals surface area contributed by atoms with E-state index in [4.69, 9.17) is 0 Å². The molecule has 0 spiro atoms. The lowest BCUT2D eigenvalue weighted by Gasteiger charge is -2.48. The maximum atomic E-state index is 2.73. The predicted octanol–water partition coefficient (Wildman–Crippen LogP) is 19.8. The lowest BCUT2D eigenvalue weighted by molar-refractivity contribution is 0.332. The van der Waals surface area contributed by atoms with Crippen LogP contribution in [0.15, 0.2) is 164 Å². The summed E-state index contributed by atoms with van der Waals surface area (Å²) in [5.41, 5.74) is 27.3. The van der Waals surface area contributed by atoms with Gasteiger partial charge in [0.1, 0.15) is 0 Å². The molecule has 0 bridgehead atoms. The summed E-state index contributed by atoms with van der Waals surface area (Å²) in [6.07, 6.45) is 3.44. The van der Waals surface area contributed by atoms with Gasteiger partial charge in [-0.15, -0.1) is 0 Å². The Hall–Kier alpha value is -6.84. The molecule has 0 saturated heterocycles.